The fourth-order valence-electron chi connectivity index (χ4n) is 3.57. The molecule has 0 radical (unpaired) electrons. The topological polar surface area (TPSA) is 50.9 Å². The largest absolute Gasteiger partial charge is 0.384 e. The lowest BCUT2D eigenvalue weighted by atomic mass is 10.1. The third kappa shape index (κ3) is 4.95. The lowest BCUT2D eigenvalue weighted by Crippen LogP contribution is -2.03. The van der Waals surface area contributed by atoms with Gasteiger partial charge >= 0.3 is 0 Å². The minimum Gasteiger partial charge on any atom is -0.384 e. The van der Waals surface area contributed by atoms with Gasteiger partial charge in [-0.2, -0.15) is 0 Å². The molecular formula is C23H31N3. The zero-order chi connectivity index (χ0) is 18.0. The van der Waals surface area contributed by atoms with E-state index in [1.54, 1.807) is 0 Å². The van der Waals surface area contributed by atoms with Gasteiger partial charge in [-0.25, -0.2) is 4.98 Å². The molecule has 1 aromatic heterocycles. The van der Waals surface area contributed by atoms with Crippen LogP contribution in [-0.2, 0) is 0 Å². The number of para-hydroxylation sites is 2. The first-order valence-corrected chi connectivity index (χ1v) is 10.1. The van der Waals surface area contributed by atoms with Crippen LogP contribution >= 0.6 is 0 Å². The molecule has 0 bridgehead atoms. The Morgan fingerprint density at radius 2 is 1.15 bits per heavy atom. The predicted molar refractivity (Wildman–Crippen MR) is 114 cm³/mol. The first kappa shape index (κ1) is 18.7. The van der Waals surface area contributed by atoms with Crippen molar-refractivity contribution in [2.75, 3.05) is 18.4 Å². The van der Waals surface area contributed by atoms with Gasteiger partial charge in [0.2, 0.25) is 0 Å². The molecule has 3 rings (SSSR count). The van der Waals surface area contributed by atoms with E-state index in [0.717, 1.165) is 24.1 Å². The van der Waals surface area contributed by atoms with Gasteiger partial charge in [-0.05, 0) is 31.5 Å². The Bertz CT molecular complexity index is 759. The number of nitrogens with zero attached hydrogens (tertiary/aromatic N) is 1. The van der Waals surface area contributed by atoms with E-state index in [0.29, 0.717) is 0 Å². The second kappa shape index (κ2) is 10.1. The van der Waals surface area contributed by atoms with Crippen LogP contribution in [0.3, 0.4) is 0 Å². The molecule has 3 heteroatoms. The monoisotopic (exact) mass is 349 g/mol. The van der Waals surface area contributed by atoms with E-state index >= 15 is 0 Å². The summed E-state index contributed by atoms with van der Waals surface area (Å²) in [5.74, 6) is 0. The molecule has 0 aliphatic rings. The maximum atomic E-state index is 5.53. The summed E-state index contributed by atoms with van der Waals surface area (Å²) in [4.78, 5) is 4.79. The molecule has 3 nitrogen and oxygen atoms in total. The van der Waals surface area contributed by atoms with Crippen LogP contribution in [0.5, 0.6) is 0 Å². The van der Waals surface area contributed by atoms with Crippen molar-refractivity contribution in [2.45, 2.75) is 51.4 Å². The molecule has 3 aromatic rings. The van der Waals surface area contributed by atoms with Gasteiger partial charge in [-0.3, -0.25) is 0 Å². The molecule has 3 N–H and O–H groups in total. The van der Waals surface area contributed by atoms with Gasteiger partial charge in [0.25, 0.3) is 0 Å². The minimum atomic E-state index is 0.837. The number of unbranched alkanes of at least 4 members (excludes halogenated alkanes) is 7. The minimum absolute atomic E-state index is 0.837. The molecule has 0 atom stereocenters. The Morgan fingerprint density at radius 1 is 0.654 bits per heavy atom. The second-order valence-electron chi connectivity index (χ2n) is 7.06. The fourth-order valence-corrected chi connectivity index (χ4v) is 3.57. The summed E-state index contributed by atoms with van der Waals surface area (Å²) in [6, 6.07) is 16.8. The summed E-state index contributed by atoms with van der Waals surface area (Å²) in [6.07, 6.45) is 10.4. The summed E-state index contributed by atoms with van der Waals surface area (Å²) < 4.78 is 0. The number of anilines is 1. The number of aromatic nitrogens is 1. The van der Waals surface area contributed by atoms with Gasteiger partial charge < -0.3 is 11.1 Å². The van der Waals surface area contributed by atoms with E-state index in [1.807, 2.05) is 0 Å². The SMILES string of the molecule is NCCCCCCCCCCNc1c2ccccc2nc2ccccc12. The number of benzene rings is 2. The summed E-state index contributed by atoms with van der Waals surface area (Å²) in [7, 11) is 0. The molecule has 26 heavy (non-hydrogen) atoms. The zero-order valence-corrected chi connectivity index (χ0v) is 15.7. The highest BCUT2D eigenvalue weighted by atomic mass is 14.9. The van der Waals surface area contributed by atoms with Crippen LogP contribution < -0.4 is 11.1 Å². The van der Waals surface area contributed by atoms with Crippen LogP contribution in [0.4, 0.5) is 5.69 Å². The molecule has 1 heterocycles. The Kier molecular flexibility index (Phi) is 7.26. The van der Waals surface area contributed by atoms with Crippen LogP contribution in [0.2, 0.25) is 0 Å². The molecule has 0 unspecified atom stereocenters. The van der Waals surface area contributed by atoms with Crippen LogP contribution in [-0.4, -0.2) is 18.1 Å². The molecule has 0 aliphatic heterocycles. The van der Waals surface area contributed by atoms with Crippen molar-refractivity contribution in [3.05, 3.63) is 48.5 Å². The first-order chi connectivity index (χ1) is 12.9. The summed E-state index contributed by atoms with van der Waals surface area (Å²) >= 11 is 0. The van der Waals surface area contributed by atoms with Crippen molar-refractivity contribution in [1.82, 2.24) is 4.98 Å². The van der Waals surface area contributed by atoms with Crippen LogP contribution in [0.1, 0.15) is 51.4 Å². The Labute approximate surface area is 157 Å². The van der Waals surface area contributed by atoms with Gasteiger partial charge in [0.05, 0.1) is 16.7 Å². The highest BCUT2D eigenvalue weighted by Gasteiger charge is 2.07. The van der Waals surface area contributed by atoms with Crippen molar-refractivity contribution in [1.29, 1.82) is 0 Å². The van der Waals surface area contributed by atoms with Gasteiger partial charge in [-0.1, -0.05) is 74.9 Å². The number of nitrogens with one attached hydrogen (secondary N) is 1. The smallest absolute Gasteiger partial charge is 0.0730 e. The second-order valence-corrected chi connectivity index (χ2v) is 7.06. The maximum absolute atomic E-state index is 5.53. The van der Waals surface area contributed by atoms with E-state index in [9.17, 15) is 0 Å². The normalized spacial score (nSPS) is 11.3. The number of pyridine rings is 1. The molecular weight excluding hydrogens is 318 g/mol. The Morgan fingerprint density at radius 3 is 1.73 bits per heavy atom. The molecule has 2 aromatic carbocycles. The Balaban J connectivity index is 1.52. The Hall–Kier alpha value is -2.13. The quantitative estimate of drug-likeness (QED) is 0.336. The summed E-state index contributed by atoms with van der Waals surface area (Å²) in [6.45, 7) is 1.86. The molecule has 0 spiro atoms. The van der Waals surface area contributed by atoms with E-state index in [4.69, 9.17) is 10.7 Å². The highest BCUT2D eigenvalue weighted by Crippen LogP contribution is 2.30. The molecule has 0 fully saturated rings. The van der Waals surface area contributed by atoms with E-state index in [1.165, 1.54) is 67.8 Å². The van der Waals surface area contributed by atoms with E-state index < -0.39 is 0 Å². The number of fused-ring (bicyclic) bond motifs is 2. The fraction of sp³-hybridized carbons (Fsp3) is 0.435. The van der Waals surface area contributed by atoms with Crippen molar-refractivity contribution in [2.24, 2.45) is 5.73 Å². The predicted octanol–water partition coefficient (Wildman–Crippen LogP) is 5.88. The van der Waals surface area contributed by atoms with Gasteiger partial charge in [0.1, 0.15) is 0 Å². The number of hydrogen-bond donors (Lipinski definition) is 2. The number of hydrogen-bond acceptors (Lipinski definition) is 3. The van der Waals surface area contributed by atoms with Crippen molar-refractivity contribution in [3.8, 4) is 0 Å². The number of rotatable bonds is 11. The number of nitrogens with two attached hydrogens (primary N) is 1. The van der Waals surface area contributed by atoms with Crippen molar-refractivity contribution >= 4 is 27.5 Å². The molecule has 0 amide bonds. The maximum Gasteiger partial charge on any atom is 0.0730 e. The van der Waals surface area contributed by atoms with Crippen molar-refractivity contribution < 1.29 is 0 Å². The van der Waals surface area contributed by atoms with Gasteiger partial charge in [-0.15, -0.1) is 0 Å². The zero-order valence-electron chi connectivity index (χ0n) is 15.7. The van der Waals surface area contributed by atoms with Crippen LogP contribution in [0.25, 0.3) is 21.8 Å². The average molecular weight is 350 g/mol. The van der Waals surface area contributed by atoms with E-state index in [2.05, 4.69) is 53.8 Å². The van der Waals surface area contributed by atoms with E-state index in [-0.39, 0.29) is 0 Å². The molecule has 0 saturated heterocycles. The van der Waals surface area contributed by atoms with Crippen LogP contribution in [0.15, 0.2) is 48.5 Å². The van der Waals surface area contributed by atoms with Gasteiger partial charge in [0, 0.05) is 17.3 Å². The lowest BCUT2D eigenvalue weighted by Gasteiger charge is -2.13. The van der Waals surface area contributed by atoms with Crippen LogP contribution in [0, 0.1) is 0 Å². The average Bonchev–Trinajstić information content (AvgIpc) is 2.68. The third-order valence-electron chi connectivity index (χ3n) is 5.02. The molecule has 0 saturated carbocycles. The summed E-state index contributed by atoms with van der Waals surface area (Å²) in [5.41, 5.74) is 8.88. The molecule has 0 aliphatic carbocycles. The lowest BCUT2D eigenvalue weighted by molar-refractivity contribution is 0.575. The standard InChI is InChI=1S/C23H31N3/c24-17-11-5-3-1-2-4-6-12-18-25-23-19-13-7-9-15-21(19)26-22-16-10-8-14-20(22)23/h7-10,13-16H,1-6,11-12,17-18,24H2,(H,25,26). The third-order valence-corrected chi connectivity index (χ3v) is 5.02. The summed E-state index contributed by atoms with van der Waals surface area (Å²) in [5, 5.41) is 6.12. The van der Waals surface area contributed by atoms with Crippen molar-refractivity contribution in [3.63, 3.8) is 0 Å². The first-order valence-electron chi connectivity index (χ1n) is 10.1. The molecule has 138 valence electrons. The highest BCUT2D eigenvalue weighted by molar-refractivity contribution is 6.07. The van der Waals surface area contributed by atoms with Gasteiger partial charge in [0.15, 0.2) is 0 Å².